The number of hydrogen-bond acceptors (Lipinski definition) is 3. The van der Waals surface area contributed by atoms with E-state index in [4.69, 9.17) is 0 Å². The van der Waals surface area contributed by atoms with Gasteiger partial charge in [-0.15, -0.1) is 0 Å². The Bertz CT molecular complexity index is 722. The second-order valence-electron chi connectivity index (χ2n) is 6.22. The first-order chi connectivity index (χ1) is 11.6. The van der Waals surface area contributed by atoms with Crippen molar-refractivity contribution >= 4 is 17.5 Å². The smallest absolute Gasteiger partial charge is 0.257 e. The van der Waals surface area contributed by atoms with Crippen molar-refractivity contribution in [2.45, 2.75) is 19.8 Å². The second kappa shape index (κ2) is 7.25. The highest BCUT2D eigenvalue weighted by atomic mass is 16.2. The van der Waals surface area contributed by atoms with Crippen LogP contribution >= 0.6 is 0 Å². The van der Waals surface area contributed by atoms with Crippen molar-refractivity contribution in [3.63, 3.8) is 0 Å². The summed E-state index contributed by atoms with van der Waals surface area (Å²) < 4.78 is 0. The van der Waals surface area contributed by atoms with Crippen LogP contribution in [0.15, 0.2) is 48.8 Å². The number of piperidine rings is 1. The van der Waals surface area contributed by atoms with E-state index in [-0.39, 0.29) is 11.8 Å². The minimum Gasteiger partial charge on any atom is -0.339 e. The predicted molar refractivity (Wildman–Crippen MR) is 92.9 cm³/mol. The SMILES string of the molecule is CC1CCN(C(=O)c2ccccc2NC(=O)c2cccnc2)CC1. The summed E-state index contributed by atoms with van der Waals surface area (Å²) in [6, 6.07) is 10.6. The molecule has 24 heavy (non-hydrogen) atoms. The quantitative estimate of drug-likeness (QED) is 0.943. The number of carbonyl (C=O) groups excluding carboxylic acids is 2. The molecule has 5 nitrogen and oxygen atoms in total. The van der Waals surface area contributed by atoms with Crippen LogP contribution in [0.4, 0.5) is 5.69 Å². The molecule has 124 valence electrons. The van der Waals surface area contributed by atoms with Crippen LogP contribution in [0, 0.1) is 5.92 Å². The largest absolute Gasteiger partial charge is 0.339 e. The number of pyridine rings is 1. The fourth-order valence-electron chi connectivity index (χ4n) is 2.85. The zero-order valence-electron chi connectivity index (χ0n) is 13.7. The summed E-state index contributed by atoms with van der Waals surface area (Å²) in [6.45, 7) is 3.75. The second-order valence-corrected chi connectivity index (χ2v) is 6.22. The lowest BCUT2D eigenvalue weighted by Gasteiger charge is -2.30. The van der Waals surface area contributed by atoms with Crippen molar-refractivity contribution in [1.82, 2.24) is 9.88 Å². The van der Waals surface area contributed by atoms with Gasteiger partial charge in [0.25, 0.3) is 11.8 Å². The van der Waals surface area contributed by atoms with Crippen LogP contribution in [0.2, 0.25) is 0 Å². The number of rotatable bonds is 3. The maximum Gasteiger partial charge on any atom is 0.257 e. The lowest BCUT2D eigenvalue weighted by molar-refractivity contribution is 0.0698. The number of carbonyl (C=O) groups is 2. The molecule has 0 atom stereocenters. The Balaban J connectivity index is 1.78. The van der Waals surface area contributed by atoms with E-state index in [1.165, 1.54) is 6.20 Å². The van der Waals surface area contributed by atoms with Crippen LogP contribution in [-0.2, 0) is 0 Å². The minimum absolute atomic E-state index is 0.0241. The van der Waals surface area contributed by atoms with E-state index in [2.05, 4.69) is 17.2 Å². The van der Waals surface area contributed by atoms with Gasteiger partial charge in [-0.2, -0.15) is 0 Å². The van der Waals surface area contributed by atoms with Gasteiger partial charge in [-0.25, -0.2) is 0 Å². The zero-order chi connectivity index (χ0) is 16.9. The molecule has 1 aliphatic rings. The van der Waals surface area contributed by atoms with Crippen LogP contribution < -0.4 is 5.32 Å². The number of para-hydroxylation sites is 1. The molecule has 1 N–H and O–H groups in total. The molecule has 2 aromatic rings. The number of amides is 2. The van der Waals surface area contributed by atoms with Crippen molar-refractivity contribution < 1.29 is 9.59 Å². The van der Waals surface area contributed by atoms with Gasteiger partial charge in [-0.3, -0.25) is 14.6 Å². The number of nitrogens with zero attached hydrogens (tertiary/aromatic N) is 2. The summed E-state index contributed by atoms with van der Waals surface area (Å²) in [5.41, 5.74) is 1.53. The number of nitrogens with one attached hydrogen (secondary N) is 1. The Kier molecular flexibility index (Phi) is 4.89. The summed E-state index contributed by atoms with van der Waals surface area (Å²) in [5, 5.41) is 2.83. The third-order valence-corrected chi connectivity index (χ3v) is 4.40. The molecule has 5 heteroatoms. The van der Waals surface area contributed by atoms with Crippen molar-refractivity contribution in [3.05, 3.63) is 59.9 Å². The summed E-state index contributed by atoms with van der Waals surface area (Å²) >= 11 is 0. The molecule has 0 unspecified atom stereocenters. The average molecular weight is 323 g/mol. The van der Waals surface area contributed by atoms with Crippen LogP contribution in [0.25, 0.3) is 0 Å². The topological polar surface area (TPSA) is 62.3 Å². The van der Waals surface area contributed by atoms with Gasteiger partial charge in [0.05, 0.1) is 16.8 Å². The normalized spacial score (nSPS) is 15.1. The molecule has 2 amide bonds. The highest BCUT2D eigenvalue weighted by Crippen LogP contribution is 2.22. The van der Waals surface area contributed by atoms with Gasteiger partial charge in [-0.05, 0) is 43.0 Å². The molecular formula is C19H21N3O2. The Hall–Kier alpha value is -2.69. The summed E-state index contributed by atoms with van der Waals surface area (Å²) in [5.74, 6) is 0.370. The van der Waals surface area contributed by atoms with E-state index in [9.17, 15) is 9.59 Å². The molecule has 0 aliphatic carbocycles. The average Bonchev–Trinajstić information content (AvgIpc) is 2.63. The summed E-state index contributed by atoms with van der Waals surface area (Å²) in [6.07, 6.45) is 5.17. The number of hydrogen-bond donors (Lipinski definition) is 1. The van der Waals surface area contributed by atoms with Crippen LogP contribution in [0.3, 0.4) is 0 Å². The maximum absolute atomic E-state index is 12.8. The van der Waals surface area contributed by atoms with E-state index in [0.717, 1.165) is 25.9 Å². The zero-order valence-corrected chi connectivity index (χ0v) is 13.7. The summed E-state index contributed by atoms with van der Waals surface area (Å²) in [4.78, 5) is 31.0. The Labute approximate surface area is 141 Å². The van der Waals surface area contributed by atoms with Crippen molar-refractivity contribution in [2.24, 2.45) is 5.92 Å². The van der Waals surface area contributed by atoms with E-state index in [1.807, 2.05) is 17.0 Å². The molecular weight excluding hydrogens is 302 g/mol. The van der Waals surface area contributed by atoms with Crippen LogP contribution in [-0.4, -0.2) is 34.8 Å². The van der Waals surface area contributed by atoms with Crippen LogP contribution in [0.5, 0.6) is 0 Å². The monoisotopic (exact) mass is 323 g/mol. The standard InChI is InChI=1S/C19H21N3O2/c1-14-8-11-22(12-9-14)19(24)16-6-2-3-7-17(16)21-18(23)15-5-4-10-20-13-15/h2-7,10,13-14H,8-9,11-12H2,1H3,(H,21,23). The van der Waals surface area contributed by atoms with Gasteiger partial charge in [0.1, 0.15) is 0 Å². The fourth-order valence-corrected chi connectivity index (χ4v) is 2.85. The highest BCUT2D eigenvalue weighted by molar-refractivity contribution is 6.08. The third-order valence-electron chi connectivity index (χ3n) is 4.40. The van der Waals surface area contributed by atoms with Gasteiger partial charge in [0.2, 0.25) is 0 Å². The van der Waals surface area contributed by atoms with Crippen molar-refractivity contribution in [1.29, 1.82) is 0 Å². The first kappa shape index (κ1) is 16.2. The maximum atomic E-state index is 12.8. The molecule has 1 saturated heterocycles. The van der Waals surface area contributed by atoms with Gasteiger partial charge < -0.3 is 10.2 Å². The van der Waals surface area contributed by atoms with Crippen LogP contribution in [0.1, 0.15) is 40.5 Å². The number of anilines is 1. The molecule has 1 aromatic carbocycles. The van der Waals surface area contributed by atoms with Crippen molar-refractivity contribution in [2.75, 3.05) is 18.4 Å². The molecule has 0 bridgehead atoms. The Morgan fingerprint density at radius 3 is 2.58 bits per heavy atom. The molecule has 1 aliphatic heterocycles. The van der Waals surface area contributed by atoms with Gasteiger partial charge >= 0.3 is 0 Å². The van der Waals surface area contributed by atoms with E-state index in [0.29, 0.717) is 22.7 Å². The number of benzene rings is 1. The lowest BCUT2D eigenvalue weighted by Crippen LogP contribution is -2.38. The molecule has 0 spiro atoms. The number of likely N-dealkylation sites (tertiary alicyclic amines) is 1. The molecule has 0 saturated carbocycles. The molecule has 3 rings (SSSR count). The Morgan fingerprint density at radius 2 is 1.88 bits per heavy atom. The minimum atomic E-state index is -0.268. The molecule has 1 aromatic heterocycles. The van der Waals surface area contributed by atoms with E-state index in [1.54, 1.807) is 30.5 Å². The third kappa shape index (κ3) is 3.62. The lowest BCUT2D eigenvalue weighted by atomic mass is 9.98. The molecule has 2 heterocycles. The van der Waals surface area contributed by atoms with Gasteiger partial charge in [0.15, 0.2) is 0 Å². The predicted octanol–water partition coefficient (Wildman–Crippen LogP) is 3.21. The first-order valence-electron chi connectivity index (χ1n) is 8.25. The number of aromatic nitrogens is 1. The van der Waals surface area contributed by atoms with Gasteiger partial charge in [-0.1, -0.05) is 19.1 Å². The Morgan fingerprint density at radius 1 is 1.12 bits per heavy atom. The van der Waals surface area contributed by atoms with Gasteiger partial charge in [0, 0.05) is 25.5 Å². The molecule has 0 radical (unpaired) electrons. The first-order valence-corrected chi connectivity index (χ1v) is 8.25. The van der Waals surface area contributed by atoms with E-state index < -0.39 is 0 Å². The summed E-state index contributed by atoms with van der Waals surface area (Å²) in [7, 11) is 0. The van der Waals surface area contributed by atoms with Crippen molar-refractivity contribution in [3.8, 4) is 0 Å². The molecule has 1 fully saturated rings. The fraction of sp³-hybridized carbons (Fsp3) is 0.316. The van der Waals surface area contributed by atoms with E-state index >= 15 is 0 Å². The highest BCUT2D eigenvalue weighted by Gasteiger charge is 2.23.